The molecular weight excluding hydrogens is 268 g/mol. The van der Waals surface area contributed by atoms with Crippen molar-refractivity contribution >= 4 is 17.5 Å². The Bertz CT molecular complexity index is 548. The first-order valence-corrected chi connectivity index (χ1v) is 6.02. The number of hydrogen-bond donors (Lipinski definition) is 2. The van der Waals surface area contributed by atoms with Gasteiger partial charge < -0.3 is 15.2 Å². The highest BCUT2D eigenvalue weighted by molar-refractivity contribution is 6.28. The molecule has 0 aliphatic carbocycles. The Morgan fingerprint density at radius 1 is 1.21 bits per heavy atom. The van der Waals surface area contributed by atoms with Gasteiger partial charge in [-0.1, -0.05) is 12.1 Å². The predicted molar refractivity (Wildman–Crippen MR) is 71.7 cm³/mol. The molecule has 2 N–H and O–H groups in total. The number of phenols is 1. The molecule has 0 amide bonds. The molecule has 6 nitrogen and oxygen atoms in total. The Morgan fingerprint density at radius 3 is 2.63 bits per heavy atom. The number of aromatic hydroxyl groups is 1. The van der Waals surface area contributed by atoms with Crippen LogP contribution in [0.1, 0.15) is 5.56 Å². The largest absolute Gasteiger partial charge is 0.508 e. The Hall–Kier alpha value is -2.08. The zero-order chi connectivity index (χ0) is 13.7. The predicted octanol–water partition coefficient (Wildman–Crippen LogP) is 1.89. The first kappa shape index (κ1) is 13.4. The van der Waals surface area contributed by atoms with Crippen molar-refractivity contribution < 1.29 is 9.84 Å². The molecular formula is C12H13ClN4O2. The number of halogens is 1. The van der Waals surface area contributed by atoms with Crippen molar-refractivity contribution in [3.8, 4) is 11.8 Å². The summed E-state index contributed by atoms with van der Waals surface area (Å²) in [6.45, 7) is 0.633. The summed E-state index contributed by atoms with van der Waals surface area (Å²) in [4.78, 5) is 11.7. The Balaban J connectivity index is 1.92. The van der Waals surface area contributed by atoms with E-state index < -0.39 is 0 Å². The summed E-state index contributed by atoms with van der Waals surface area (Å²) in [5, 5.41) is 12.3. The molecule has 0 aliphatic rings. The van der Waals surface area contributed by atoms with E-state index in [-0.39, 0.29) is 17.0 Å². The smallest absolute Gasteiger partial charge is 0.322 e. The summed E-state index contributed by atoms with van der Waals surface area (Å²) in [6, 6.07) is 7.19. The van der Waals surface area contributed by atoms with Crippen molar-refractivity contribution in [3.63, 3.8) is 0 Å². The van der Waals surface area contributed by atoms with Crippen LogP contribution in [-0.2, 0) is 6.42 Å². The molecule has 7 heteroatoms. The monoisotopic (exact) mass is 280 g/mol. The van der Waals surface area contributed by atoms with Crippen LogP contribution < -0.4 is 10.1 Å². The molecule has 0 spiro atoms. The van der Waals surface area contributed by atoms with E-state index in [1.54, 1.807) is 12.1 Å². The van der Waals surface area contributed by atoms with Gasteiger partial charge in [-0.3, -0.25) is 0 Å². The van der Waals surface area contributed by atoms with Crippen LogP contribution in [0.4, 0.5) is 5.95 Å². The van der Waals surface area contributed by atoms with Crippen LogP contribution in [0.5, 0.6) is 11.8 Å². The van der Waals surface area contributed by atoms with Crippen molar-refractivity contribution in [2.75, 3.05) is 19.0 Å². The third-order valence-corrected chi connectivity index (χ3v) is 2.57. The minimum Gasteiger partial charge on any atom is -0.508 e. The molecule has 0 unspecified atom stereocenters. The van der Waals surface area contributed by atoms with Crippen molar-refractivity contribution in [2.24, 2.45) is 0 Å². The summed E-state index contributed by atoms with van der Waals surface area (Å²) >= 11 is 5.73. The van der Waals surface area contributed by atoms with E-state index in [9.17, 15) is 5.11 Å². The number of methoxy groups -OCH3 is 1. The van der Waals surface area contributed by atoms with Gasteiger partial charge in [0.15, 0.2) is 0 Å². The Morgan fingerprint density at radius 2 is 1.95 bits per heavy atom. The first-order valence-electron chi connectivity index (χ1n) is 5.65. The van der Waals surface area contributed by atoms with Gasteiger partial charge >= 0.3 is 6.01 Å². The molecule has 0 fully saturated rings. The van der Waals surface area contributed by atoms with E-state index >= 15 is 0 Å². The van der Waals surface area contributed by atoms with E-state index in [4.69, 9.17) is 16.3 Å². The van der Waals surface area contributed by atoms with Gasteiger partial charge in [-0.15, -0.1) is 0 Å². The van der Waals surface area contributed by atoms with Gasteiger partial charge in [0.1, 0.15) is 5.75 Å². The number of ether oxygens (including phenoxy) is 1. The van der Waals surface area contributed by atoms with Crippen molar-refractivity contribution in [3.05, 3.63) is 35.1 Å². The Kier molecular flexibility index (Phi) is 4.35. The second kappa shape index (κ2) is 6.19. The maximum absolute atomic E-state index is 9.18. The van der Waals surface area contributed by atoms with Crippen LogP contribution in [0.3, 0.4) is 0 Å². The number of rotatable bonds is 5. The topological polar surface area (TPSA) is 80.2 Å². The fraction of sp³-hybridized carbons (Fsp3) is 0.250. The Labute approximate surface area is 115 Å². The highest BCUT2D eigenvalue weighted by Crippen LogP contribution is 2.12. The van der Waals surface area contributed by atoms with Gasteiger partial charge in [0.2, 0.25) is 11.2 Å². The van der Waals surface area contributed by atoms with Gasteiger partial charge in [0.25, 0.3) is 0 Å². The van der Waals surface area contributed by atoms with Crippen LogP contribution in [0.25, 0.3) is 0 Å². The molecule has 0 saturated carbocycles. The second-order valence-corrected chi connectivity index (χ2v) is 4.10. The zero-order valence-corrected chi connectivity index (χ0v) is 11.1. The number of aromatic nitrogens is 3. The van der Waals surface area contributed by atoms with E-state index in [2.05, 4.69) is 20.3 Å². The molecule has 2 rings (SSSR count). The highest BCUT2D eigenvalue weighted by atomic mass is 35.5. The van der Waals surface area contributed by atoms with Crippen LogP contribution >= 0.6 is 11.6 Å². The summed E-state index contributed by atoms with van der Waals surface area (Å²) in [5.41, 5.74) is 1.09. The van der Waals surface area contributed by atoms with E-state index in [0.717, 1.165) is 12.0 Å². The maximum atomic E-state index is 9.18. The SMILES string of the molecule is COc1nc(Cl)nc(NCCc2ccc(O)cc2)n1. The molecule has 0 atom stereocenters. The molecule has 1 aromatic carbocycles. The van der Waals surface area contributed by atoms with E-state index in [1.165, 1.54) is 7.11 Å². The maximum Gasteiger partial charge on any atom is 0.322 e. The van der Waals surface area contributed by atoms with Gasteiger partial charge in [0.05, 0.1) is 7.11 Å². The van der Waals surface area contributed by atoms with Crippen molar-refractivity contribution in [1.29, 1.82) is 0 Å². The van der Waals surface area contributed by atoms with E-state index in [1.807, 2.05) is 12.1 Å². The lowest BCUT2D eigenvalue weighted by molar-refractivity contribution is 0.379. The third kappa shape index (κ3) is 3.96. The minimum atomic E-state index is 0.0824. The lowest BCUT2D eigenvalue weighted by atomic mass is 10.1. The fourth-order valence-corrected chi connectivity index (χ4v) is 1.64. The standard InChI is InChI=1S/C12H13ClN4O2/c1-19-12-16-10(13)15-11(17-12)14-7-6-8-2-4-9(18)5-3-8/h2-5,18H,6-7H2,1H3,(H,14,15,16,17). The van der Waals surface area contributed by atoms with Gasteiger partial charge in [0, 0.05) is 6.54 Å². The minimum absolute atomic E-state index is 0.0824. The van der Waals surface area contributed by atoms with Crippen LogP contribution in [0.15, 0.2) is 24.3 Å². The molecule has 19 heavy (non-hydrogen) atoms. The number of benzene rings is 1. The zero-order valence-electron chi connectivity index (χ0n) is 10.3. The molecule has 1 aromatic heterocycles. The third-order valence-electron chi connectivity index (χ3n) is 2.40. The van der Waals surface area contributed by atoms with Crippen LogP contribution in [0, 0.1) is 0 Å². The van der Waals surface area contributed by atoms with Crippen molar-refractivity contribution in [1.82, 2.24) is 15.0 Å². The molecule has 0 radical (unpaired) electrons. The van der Waals surface area contributed by atoms with Gasteiger partial charge in [-0.05, 0) is 35.7 Å². The lowest BCUT2D eigenvalue weighted by Gasteiger charge is -2.06. The number of phenolic OH excluding ortho intramolecular Hbond substituents is 1. The van der Waals surface area contributed by atoms with Gasteiger partial charge in [-0.25, -0.2) is 0 Å². The number of anilines is 1. The summed E-state index contributed by atoms with van der Waals surface area (Å²) in [6.07, 6.45) is 0.770. The van der Waals surface area contributed by atoms with Crippen LogP contribution in [0.2, 0.25) is 5.28 Å². The lowest BCUT2D eigenvalue weighted by Crippen LogP contribution is -2.09. The van der Waals surface area contributed by atoms with E-state index in [0.29, 0.717) is 12.5 Å². The molecule has 2 aromatic rings. The summed E-state index contributed by atoms with van der Waals surface area (Å²) < 4.78 is 4.90. The molecule has 1 heterocycles. The average molecular weight is 281 g/mol. The highest BCUT2D eigenvalue weighted by Gasteiger charge is 2.04. The fourth-order valence-electron chi connectivity index (χ4n) is 1.48. The second-order valence-electron chi connectivity index (χ2n) is 3.76. The number of nitrogens with one attached hydrogen (secondary N) is 1. The van der Waals surface area contributed by atoms with Crippen molar-refractivity contribution in [2.45, 2.75) is 6.42 Å². The van der Waals surface area contributed by atoms with Crippen LogP contribution in [-0.4, -0.2) is 33.7 Å². The quantitative estimate of drug-likeness (QED) is 0.871. The average Bonchev–Trinajstić information content (AvgIpc) is 2.40. The number of nitrogens with zero attached hydrogens (tertiary/aromatic N) is 3. The van der Waals surface area contributed by atoms with Gasteiger partial charge in [-0.2, -0.15) is 15.0 Å². The number of hydrogen-bond acceptors (Lipinski definition) is 6. The normalized spacial score (nSPS) is 10.2. The molecule has 100 valence electrons. The molecule has 0 saturated heterocycles. The first-order chi connectivity index (χ1) is 9.17. The molecule has 0 aliphatic heterocycles. The summed E-state index contributed by atoms with van der Waals surface area (Å²) in [7, 11) is 1.46. The summed E-state index contributed by atoms with van der Waals surface area (Å²) in [5.74, 6) is 0.626. The molecule has 0 bridgehead atoms.